The Morgan fingerprint density at radius 1 is 1.62 bits per heavy atom. The highest BCUT2D eigenvalue weighted by molar-refractivity contribution is 7.07. The van der Waals surface area contributed by atoms with Crippen LogP contribution in [-0.4, -0.2) is 31.6 Å². The molecular weight excluding hydrogens is 180 g/mol. The standard InChI is InChI=1S/C10H16N2S/c1-12-5-9(4-11)10(6-12)8-2-3-13-7-8/h2-3,7,9-10H,4-6,11H2,1H3. The Labute approximate surface area is 83.4 Å². The lowest BCUT2D eigenvalue weighted by Crippen LogP contribution is -2.21. The second kappa shape index (κ2) is 3.78. The molecule has 1 fully saturated rings. The van der Waals surface area contributed by atoms with Gasteiger partial charge in [-0.25, -0.2) is 0 Å². The van der Waals surface area contributed by atoms with Crippen molar-refractivity contribution in [3.8, 4) is 0 Å². The highest BCUT2D eigenvalue weighted by Gasteiger charge is 2.30. The summed E-state index contributed by atoms with van der Waals surface area (Å²) in [5, 5.41) is 4.41. The van der Waals surface area contributed by atoms with Crippen LogP contribution in [0.3, 0.4) is 0 Å². The maximum absolute atomic E-state index is 5.77. The molecule has 1 aliphatic heterocycles. The number of likely N-dealkylation sites (N-methyl/N-ethyl adjacent to an activating group) is 1. The average molecular weight is 196 g/mol. The highest BCUT2D eigenvalue weighted by atomic mass is 32.1. The molecule has 13 heavy (non-hydrogen) atoms. The fraction of sp³-hybridized carbons (Fsp3) is 0.600. The molecule has 2 N–H and O–H groups in total. The SMILES string of the molecule is CN1CC(CN)C(c2ccsc2)C1. The van der Waals surface area contributed by atoms with E-state index < -0.39 is 0 Å². The molecule has 0 amide bonds. The maximum Gasteiger partial charge on any atom is 0.00513 e. The number of nitrogens with two attached hydrogens (primary N) is 1. The zero-order valence-electron chi connectivity index (χ0n) is 7.94. The Bertz CT molecular complexity index is 258. The van der Waals surface area contributed by atoms with Crippen LogP contribution in [0.15, 0.2) is 16.8 Å². The first-order valence-corrected chi connectivity index (χ1v) is 5.66. The van der Waals surface area contributed by atoms with Crippen LogP contribution in [-0.2, 0) is 0 Å². The first kappa shape index (κ1) is 9.19. The second-order valence-electron chi connectivity index (χ2n) is 3.88. The van der Waals surface area contributed by atoms with Crippen LogP contribution < -0.4 is 5.73 Å². The summed E-state index contributed by atoms with van der Waals surface area (Å²) in [7, 11) is 2.18. The fourth-order valence-corrected chi connectivity index (χ4v) is 2.91. The van der Waals surface area contributed by atoms with Crippen LogP contribution in [0, 0.1) is 5.92 Å². The summed E-state index contributed by atoms with van der Waals surface area (Å²) in [4.78, 5) is 2.37. The van der Waals surface area contributed by atoms with Crippen molar-refractivity contribution in [3.63, 3.8) is 0 Å². The first-order valence-electron chi connectivity index (χ1n) is 4.72. The van der Waals surface area contributed by atoms with Crippen molar-refractivity contribution in [2.75, 3.05) is 26.7 Å². The molecule has 1 saturated heterocycles. The van der Waals surface area contributed by atoms with Gasteiger partial charge in [-0.3, -0.25) is 0 Å². The second-order valence-corrected chi connectivity index (χ2v) is 4.66. The Balaban J connectivity index is 2.14. The first-order chi connectivity index (χ1) is 6.31. The van der Waals surface area contributed by atoms with E-state index in [1.807, 2.05) is 0 Å². The molecule has 0 aromatic carbocycles. The van der Waals surface area contributed by atoms with E-state index in [0.717, 1.165) is 13.1 Å². The number of nitrogens with zero attached hydrogens (tertiary/aromatic N) is 1. The summed E-state index contributed by atoms with van der Waals surface area (Å²) in [5.74, 6) is 1.32. The van der Waals surface area contributed by atoms with Gasteiger partial charge in [-0.05, 0) is 41.9 Å². The number of rotatable bonds is 2. The van der Waals surface area contributed by atoms with Gasteiger partial charge >= 0.3 is 0 Å². The summed E-state index contributed by atoms with van der Waals surface area (Å²) in [5.41, 5.74) is 7.25. The smallest absolute Gasteiger partial charge is 0.00513 e. The van der Waals surface area contributed by atoms with Crippen LogP contribution in [0.25, 0.3) is 0 Å². The van der Waals surface area contributed by atoms with Crippen molar-refractivity contribution in [1.29, 1.82) is 0 Å². The minimum Gasteiger partial charge on any atom is -0.330 e. The van der Waals surface area contributed by atoms with Crippen LogP contribution in [0.1, 0.15) is 11.5 Å². The lowest BCUT2D eigenvalue weighted by Gasteiger charge is -2.14. The third-order valence-corrected chi connectivity index (χ3v) is 3.60. The summed E-state index contributed by atoms with van der Waals surface area (Å²) < 4.78 is 0. The molecule has 2 unspecified atom stereocenters. The van der Waals surface area contributed by atoms with E-state index >= 15 is 0 Å². The predicted molar refractivity (Wildman–Crippen MR) is 57.1 cm³/mol. The third-order valence-electron chi connectivity index (χ3n) is 2.90. The molecule has 1 aromatic heterocycles. The van der Waals surface area contributed by atoms with Crippen LogP contribution >= 0.6 is 11.3 Å². The number of thiophene rings is 1. The molecule has 2 rings (SSSR count). The quantitative estimate of drug-likeness (QED) is 0.773. The van der Waals surface area contributed by atoms with Gasteiger partial charge in [-0.2, -0.15) is 11.3 Å². The zero-order valence-corrected chi connectivity index (χ0v) is 8.76. The summed E-state index contributed by atoms with van der Waals surface area (Å²) in [6.45, 7) is 3.13. The third kappa shape index (κ3) is 1.77. The Morgan fingerprint density at radius 2 is 2.46 bits per heavy atom. The topological polar surface area (TPSA) is 29.3 Å². The molecule has 1 aromatic rings. The van der Waals surface area contributed by atoms with Crippen molar-refractivity contribution in [1.82, 2.24) is 4.90 Å². The van der Waals surface area contributed by atoms with Gasteiger partial charge in [0.05, 0.1) is 0 Å². The monoisotopic (exact) mass is 196 g/mol. The van der Waals surface area contributed by atoms with E-state index in [1.54, 1.807) is 11.3 Å². The Kier molecular flexibility index (Phi) is 2.67. The molecule has 2 nitrogen and oxygen atoms in total. The number of hydrogen-bond acceptors (Lipinski definition) is 3. The minimum atomic E-state index is 0.652. The molecule has 0 aliphatic carbocycles. The lowest BCUT2D eigenvalue weighted by atomic mass is 9.91. The number of hydrogen-bond donors (Lipinski definition) is 1. The van der Waals surface area contributed by atoms with E-state index in [-0.39, 0.29) is 0 Å². The van der Waals surface area contributed by atoms with Crippen molar-refractivity contribution in [3.05, 3.63) is 22.4 Å². The fourth-order valence-electron chi connectivity index (χ4n) is 2.19. The largest absolute Gasteiger partial charge is 0.330 e. The molecule has 0 radical (unpaired) electrons. The molecule has 3 heteroatoms. The Hall–Kier alpha value is -0.380. The molecular formula is C10H16N2S. The summed E-state index contributed by atoms with van der Waals surface area (Å²) in [6, 6.07) is 2.23. The Morgan fingerprint density at radius 3 is 3.08 bits per heavy atom. The van der Waals surface area contributed by atoms with Gasteiger partial charge in [0.15, 0.2) is 0 Å². The van der Waals surface area contributed by atoms with Gasteiger partial charge in [-0.15, -0.1) is 0 Å². The lowest BCUT2D eigenvalue weighted by molar-refractivity contribution is 0.397. The molecule has 2 heterocycles. The van der Waals surface area contributed by atoms with Gasteiger partial charge in [-0.1, -0.05) is 0 Å². The van der Waals surface area contributed by atoms with E-state index in [4.69, 9.17) is 5.73 Å². The normalized spacial score (nSPS) is 29.7. The van der Waals surface area contributed by atoms with Crippen LogP contribution in [0.2, 0.25) is 0 Å². The van der Waals surface area contributed by atoms with Gasteiger partial charge in [0.25, 0.3) is 0 Å². The molecule has 0 spiro atoms. The zero-order chi connectivity index (χ0) is 9.26. The van der Waals surface area contributed by atoms with E-state index in [2.05, 4.69) is 28.8 Å². The van der Waals surface area contributed by atoms with Gasteiger partial charge in [0.1, 0.15) is 0 Å². The molecule has 0 saturated carbocycles. The average Bonchev–Trinajstić information content (AvgIpc) is 2.71. The molecule has 1 aliphatic rings. The highest BCUT2D eigenvalue weighted by Crippen LogP contribution is 2.32. The molecule has 0 bridgehead atoms. The van der Waals surface area contributed by atoms with Crippen LogP contribution in [0.5, 0.6) is 0 Å². The van der Waals surface area contributed by atoms with Gasteiger partial charge in [0.2, 0.25) is 0 Å². The minimum absolute atomic E-state index is 0.652. The van der Waals surface area contributed by atoms with Crippen molar-refractivity contribution in [2.45, 2.75) is 5.92 Å². The van der Waals surface area contributed by atoms with Crippen molar-refractivity contribution >= 4 is 11.3 Å². The summed E-state index contributed by atoms with van der Waals surface area (Å²) >= 11 is 1.78. The van der Waals surface area contributed by atoms with E-state index in [0.29, 0.717) is 11.8 Å². The van der Waals surface area contributed by atoms with Gasteiger partial charge < -0.3 is 10.6 Å². The molecule has 2 atom stereocenters. The number of likely N-dealkylation sites (tertiary alicyclic amines) is 1. The predicted octanol–water partition coefficient (Wildman–Crippen LogP) is 1.35. The van der Waals surface area contributed by atoms with E-state index in [9.17, 15) is 0 Å². The van der Waals surface area contributed by atoms with Crippen molar-refractivity contribution < 1.29 is 0 Å². The van der Waals surface area contributed by atoms with Gasteiger partial charge in [0, 0.05) is 19.0 Å². The summed E-state index contributed by atoms with van der Waals surface area (Å²) in [6.07, 6.45) is 0. The maximum atomic E-state index is 5.77. The van der Waals surface area contributed by atoms with Crippen molar-refractivity contribution in [2.24, 2.45) is 11.7 Å². The van der Waals surface area contributed by atoms with Crippen LogP contribution in [0.4, 0.5) is 0 Å². The molecule has 72 valence electrons. The van der Waals surface area contributed by atoms with E-state index in [1.165, 1.54) is 12.1 Å².